The first-order valence-electron chi connectivity index (χ1n) is 6.27. The topological polar surface area (TPSA) is 113 Å². The van der Waals surface area contributed by atoms with Crippen LogP contribution in [0.4, 0.5) is 17.3 Å². The Morgan fingerprint density at radius 3 is 2.58 bits per heavy atom. The van der Waals surface area contributed by atoms with Crippen molar-refractivity contribution < 1.29 is 10.0 Å². The molecule has 0 amide bonds. The Labute approximate surface area is 110 Å². The quantitative estimate of drug-likeness (QED) is 0.520. The summed E-state index contributed by atoms with van der Waals surface area (Å²) in [5.74, 6) is 0.781. The Morgan fingerprint density at radius 2 is 2.05 bits per heavy atom. The summed E-state index contributed by atoms with van der Waals surface area (Å²) in [5.41, 5.74) is -0.135. The molecule has 0 unspecified atom stereocenters. The third kappa shape index (κ3) is 3.08. The Bertz CT molecular complexity index is 462. The fraction of sp³-hybridized carbons (Fsp3) is 0.636. The zero-order chi connectivity index (χ0) is 13.8. The summed E-state index contributed by atoms with van der Waals surface area (Å²) >= 11 is 0. The SMILES string of the molecule is CCNc1ncnc(NCC2CC(O)C2)c1[N+](=O)[O-]. The van der Waals surface area contributed by atoms with E-state index in [1.54, 1.807) is 0 Å². The zero-order valence-electron chi connectivity index (χ0n) is 10.7. The Balaban J connectivity index is 2.09. The van der Waals surface area contributed by atoms with E-state index in [-0.39, 0.29) is 23.4 Å². The molecular weight excluding hydrogens is 250 g/mol. The van der Waals surface area contributed by atoms with Crippen LogP contribution in [0.1, 0.15) is 19.8 Å². The average Bonchev–Trinajstić information content (AvgIpc) is 2.33. The molecule has 0 atom stereocenters. The van der Waals surface area contributed by atoms with Crippen molar-refractivity contribution in [2.45, 2.75) is 25.9 Å². The number of anilines is 2. The van der Waals surface area contributed by atoms with Crippen molar-refractivity contribution >= 4 is 17.3 Å². The highest BCUT2D eigenvalue weighted by Gasteiger charge is 2.28. The smallest absolute Gasteiger partial charge is 0.353 e. The van der Waals surface area contributed by atoms with Gasteiger partial charge < -0.3 is 15.7 Å². The van der Waals surface area contributed by atoms with Crippen molar-refractivity contribution in [1.82, 2.24) is 9.97 Å². The van der Waals surface area contributed by atoms with Crippen LogP contribution in [-0.2, 0) is 0 Å². The molecule has 0 aromatic carbocycles. The van der Waals surface area contributed by atoms with Crippen LogP contribution >= 0.6 is 0 Å². The minimum atomic E-state index is -0.490. The highest BCUT2D eigenvalue weighted by atomic mass is 16.6. The number of rotatable bonds is 6. The van der Waals surface area contributed by atoms with Crippen LogP contribution in [0.25, 0.3) is 0 Å². The Hall–Kier alpha value is -1.96. The van der Waals surface area contributed by atoms with Gasteiger partial charge in [-0.15, -0.1) is 0 Å². The van der Waals surface area contributed by atoms with E-state index in [1.165, 1.54) is 6.33 Å². The number of nitrogens with zero attached hydrogens (tertiary/aromatic N) is 3. The Kier molecular flexibility index (Phi) is 4.10. The van der Waals surface area contributed by atoms with Crippen LogP contribution in [-0.4, -0.2) is 39.2 Å². The summed E-state index contributed by atoms with van der Waals surface area (Å²) in [6.07, 6.45) is 2.52. The van der Waals surface area contributed by atoms with Gasteiger partial charge in [0.25, 0.3) is 0 Å². The van der Waals surface area contributed by atoms with E-state index in [9.17, 15) is 15.2 Å². The molecule has 2 rings (SSSR count). The van der Waals surface area contributed by atoms with Gasteiger partial charge in [0.1, 0.15) is 6.33 Å². The van der Waals surface area contributed by atoms with E-state index >= 15 is 0 Å². The molecule has 1 fully saturated rings. The van der Waals surface area contributed by atoms with Gasteiger partial charge in [-0.3, -0.25) is 10.1 Å². The first kappa shape index (κ1) is 13.5. The fourth-order valence-electron chi connectivity index (χ4n) is 2.09. The number of hydrogen-bond donors (Lipinski definition) is 3. The molecule has 0 radical (unpaired) electrons. The maximum atomic E-state index is 11.1. The third-order valence-corrected chi connectivity index (χ3v) is 3.12. The molecular formula is C11H17N5O3. The largest absolute Gasteiger partial charge is 0.393 e. The molecule has 1 saturated carbocycles. The molecule has 3 N–H and O–H groups in total. The normalized spacial score (nSPS) is 21.6. The van der Waals surface area contributed by atoms with Gasteiger partial charge in [-0.25, -0.2) is 9.97 Å². The van der Waals surface area contributed by atoms with E-state index in [4.69, 9.17) is 0 Å². The lowest BCUT2D eigenvalue weighted by atomic mass is 9.82. The monoisotopic (exact) mass is 267 g/mol. The number of aliphatic hydroxyl groups is 1. The minimum absolute atomic E-state index is 0.135. The molecule has 1 aromatic rings. The van der Waals surface area contributed by atoms with Crippen molar-refractivity contribution in [3.63, 3.8) is 0 Å². The maximum absolute atomic E-state index is 11.1. The van der Waals surface area contributed by atoms with E-state index < -0.39 is 4.92 Å². The van der Waals surface area contributed by atoms with Crippen molar-refractivity contribution in [3.8, 4) is 0 Å². The van der Waals surface area contributed by atoms with Gasteiger partial charge in [0.15, 0.2) is 0 Å². The number of aliphatic hydroxyl groups excluding tert-OH is 1. The Morgan fingerprint density at radius 1 is 1.42 bits per heavy atom. The van der Waals surface area contributed by atoms with E-state index in [0.717, 1.165) is 12.8 Å². The highest BCUT2D eigenvalue weighted by molar-refractivity contribution is 5.69. The first-order valence-corrected chi connectivity index (χ1v) is 6.27. The second-order valence-electron chi connectivity index (χ2n) is 4.58. The van der Waals surface area contributed by atoms with Crippen molar-refractivity contribution in [2.24, 2.45) is 5.92 Å². The molecule has 19 heavy (non-hydrogen) atoms. The maximum Gasteiger partial charge on any atom is 0.353 e. The number of nitro groups is 1. The van der Waals surface area contributed by atoms with Crippen molar-refractivity contribution in [3.05, 3.63) is 16.4 Å². The summed E-state index contributed by atoms with van der Waals surface area (Å²) in [5, 5.41) is 26.1. The lowest BCUT2D eigenvalue weighted by Crippen LogP contribution is -2.33. The van der Waals surface area contributed by atoms with Gasteiger partial charge in [0.05, 0.1) is 11.0 Å². The highest BCUT2D eigenvalue weighted by Crippen LogP contribution is 2.31. The standard InChI is InChI=1S/C11H17N5O3/c1-2-12-10-9(16(18)19)11(15-6-14-10)13-5-7-3-8(17)4-7/h6-8,17H,2-5H2,1H3,(H2,12,13,14,15). The lowest BCUT2D eigenvalue weighted by molar-refractivity contribution is -0.383. The van der Waals surface area contributed by atoms with Gasteiger partial charge >= 0.3 is 5.69 Å². The van der Waals surface area contributed by atoms with Crippen LogP contribution in [0.5, 0.6) is 0 Å². The molecule has 8 nitrogen and oxygen atoms in total. The van der Waals surface area contributed by atoms with E-state index in [1.807, 2.05) is 6.92 Å². The summed E-state index contributed by atoms with van der Waals surface area (Å²) in [7, 11) is 0. The van der Waals surface area contributed by atoms with Crippen LogP contribution in [0.2, 0.25) is 0 Å². The second kappa shape index (κ2) is 5.79. The molecule has 0 spiro atoms. The van der Waals surface area contributed by atoms with Gasteiger partial charge in [-0.05, 0) is 25.7 Å². The summed E-state index contributed by atoms with van der Waals surface area (Å²) in [6.45, 7) is 2.96. The molecule has 1 aliphatic rings. The van der Waals surface area contributed by atoms with Crippen LogP contribution in [0.3, 0.4) is 0 Å². The second-order valence-corrected chi connectivity index (χ2v) is 4.58. The molecule has 0 saturated heterocycles. The van der Waals surface area contributed by atoms with Crippen LogP contribution in [0.15, 0.2) is 6.33 Å². The van der Waals surface area contributed by atoms with Gasteiger partial charge in [-0.1, -0.05) is 0 Å². The molecule has 1 aliphatic carbocycles. The minimum Gasteiger partial charge on any atom is -0.393 e. The van der Waals surface area contributed by atoms with E-state index in [2.05, 4.69) is 20.6 Å². The first-order chi connectivity index (χ1) is 9.11. The molecule has 0 bridgehead atoms. The number of aromatic nitrogens is 2. The van der Waals surface area contributed by atoms with E-state index in [0.29, 0.717) is 19.0 Å². The summed E-state index contributed by atoms with van der Waals surface area (Å²) in [6, 6.07) is 0. The van der Waals surface area contributed by atoms with Gasteiger partial charge in [-0.2, -0.15) is 0 Å². The molecule has 104 valence electrons. The van der Waals surface area contributed by atoms with Crippen LogP contribution in [0, 0.1) is 16.0 Å². The summed E-state index contributed by atoms with van der Waals surface area (Å²) in [4.78, 5) is 18.4. The fourth-order valence-corrected chi connectivity index (χ4v) is 2.09. The van der Waals surface area contributed by atoms with Crippen LogP contribution < -0.4 is 10.6 Å². The number of hydrogen-bond acceptors (Lipinski definition) is 7. The van der Waals surface area contributed by atoms with Crippen molar-refractivity contribution in [1.29, 1.82) is 0 Å². The third-order valence-electron chi connectivity index (χ3n) is 3.12. The summed E-state index contributed by atoms with van der Waals surface area (Å²) < 4.78 is 0. The lowest BCUT2D eigenvalue weighted by Gasteiger charge is -2.31. The molecule has 1 heterocycles. The average molecular weight is 267 g/mol. The van der Waals surface area contributed by atoms with Gasteiger partial charge in [0.2, 0.25) is 11.6 Å². The predicted molar refractivity (Wildman–Crippen MR) is 70.1 cm³/mol. The molecule has 8 heteroatoms. The predicted octanol–water partition coefficient (Wildman–Crippen LogP) is 0.999. The van der Waals surface area contributed by atoms with Gasteiger partial charge in [0, 0.05) is 13.1 Å². The zero-order valence-corrected chi connectivity index (χ0v) is 10.7. The molecule has 0 aliphatic heterocycles. The molecule has 1 aromatic heterocycles. The van der Waals surface area contributed by atoms with Crippen molar-refractivity contribution in [2.75, 3.05) is 23.7 Å². The number of nitrogens with one attached hydrogen (secondary N) is 2.